The average molecular weight is 458 g/mol. The van der Waals surface area contributed by atoms with Crippen LogP contribution in [0.3, 0.4) is 0 Å². The number of nitrogens with one attached hydrogen (secondary N) is 1. The highest BCUT2D eigenvalue weighted by atomic mass is 19.1. The number of aryl methyl sites for hydroxylation is 1. The van der Waals surface area contributed by atoms with Crippen LogP contribution >= 0.6 is 0 Å². The first-order valence-corrected chi connectivity index (χ1v) is 10.6. The molecule has 4 rings (SSSR count). The fourth-order valence-electron chi connectivity index (χ4n) is 4.24. The summed E-state index contributed by atoms with van der Waals surface area (Å²) in [4.78, 5) is 50.9. The number of hydrogen-bond donors (Lipinski definition) is 1. The van der Waals surface area contributed by atoms with Crippen molar-refractivity contribution in [1.82, 2.24) is 20.0 Å². The molecule has 2 aliphatic heterocycles. The van der Waals surface area contributed by atoms with E-state index in [0.717, 1.165) is 12.1 Å². The minimum Gasteiger partial charge on any atom is -0.349 e. The zero-order chi connectivity index (χ0) is 23.7. The van der Waals surface area contributed by atoms with Crippen molar-refractivity contribution in [3.63, 3.8) is 0 Å². The van der Waals surface area contributed by atoms with Crippen molar-refractivity contribution in [3.05, 3.63) is 52.1 Å². The summed E-state index contributed by atoms with van der Waals surface area (Å²) in [6.07, 6.45) is 4.29. The van der Waals surface area contributed by atoms with Gasteiger partial charge >= 0.3 is 5.69 Å². The lowest BCUT2D eigenvalue weighted by Gasteiger charge is -2.33. The van der Waals surface area contributed by atoms with Gasteiger partial charge in [-0.2, -0.15) is 9.49 Å². The third-order valence-electron chi connectivity index (χ3n) is 6.02. The molecule has 12 heteroatoms. The second-order valence-electron chi connectivity index (χ2n) is 8.27. The number of hydrogen-bond acceptors (Lipinski definition) is 6. The third-order valence-corrected chi connectivity index (χ3v) is 6.02. The zero-order valence-electron chi connectivity index (χ0n) is 17.9. The molecule has 174 valence electrons. The van der Waals surface area contributed by atoms with Gasteiger partial charge in [-0.1, -0.05) is 0 Å². The quantitative estimate of drug-likeness (QED) is 0.530. The van der Waals surface area contributed by atoms with Crippen LogP contribution in [-0.4, -0.2) is 63.0 Å². The second-order valence-corrected chi connectivity index (χ2v) is 8.27. The van der Waals surface area contributed by atoms with Crippen LogP contribution in [0.5, 0.6) is 0 Å². The van der Waals surface area contributed by atoms with Crippen molar-refractivity contribution in [2.75, 3.05) is 24.5 Å². The summed E-state index contributed by atoms with van der Waals surface area (Å²) < 4.78 is 15.2. The maximum Gasteiger partial charge on any atom is 0.306 e. The summed E-state index contributed by atoms with van der Waals surface area (Å²) in [7, 11) is 1.73. The predicted octanol–water partition coefficient (Wildman–Crippen LogP) is 1.24. The minimum absolute atomic E-state index is 0.0122. The molecule has 0 bridgehead atoms. The summed E-state index contributed by atoms with van der Waals surface area (Å²) in [6, 6.07) is 3.18. The molecule has 3 amide bonds. The lowest BCUT2D eigenvalue weighted by molar-refractivity contribution is -0.387. The molecule has 2 fully saturated rings. The molecule has 0 spiro atoms. The second kappa shape index (κ2) is 8.96. The molecule has 3 heterocycles. The Hall–Kier alpha value is -3.83. The Bertz CT molecular complexity index is 1110. The van der Waals surface area contributed by atoms with Crippen LogP contribution in [0.15, 0.2) is 30.6 Å². The van der Waals surface area contributed by atoms with Gasteiger partial charge in [0.1, 0.15) is 0 Å². The third kappa shape index (κ3) is 4.69. The minimum atomic E-state index is -0.985. The first-order valence-electron chi connectivity index (χ1n) is 10.6. The number of piperidine rings is 1. The Morgan fingerprint density at radius 3 is 2.64 bits per heavy atom. The van der Waals surface area contributed by atoms with Gasteiger partial charge in [0.05, 0.1) is 28.3 Å². The first kappa shape index (κ1) is 22.4. The van der Waals surface area contributed by atoms with Gasteiger partial charge in [0.25, 0.3) is 5.91 Å². The molecule has 2 saturated heterocycles. The largest absolute Gasteiger partial charge is 0.349 e. The molecule has 1 aromatic heterocycles. The number of rotatable bonds is 5. The Morgan fingerprint density at radius 2 is 2.00 bits per heavy atom. The van der Waals surface area contributed by atoms with Gasteiger partial charge in [-0.05, 0) is 25.0 Å². The number of carbonyl (C=O) groups excluding carboxylic acids is 3. The van der Waals surface area contributed by atoms with Crippen LogP contribution in [0.25, 0.3) is 0 Å². The van der Waals surface area contributed by atoms with Crippen molar-refractivity contribution >= 4 is 29.1 Å². The molecule has 1 N–H and O–H groups in total. The van der Waals surface area contributed by atoms with Crippen molar-refractivity contribution in [1.29, 1.82) is 0 Å². The van der Waals surface area contributed by atoms with E-state index in [1.54, 1.807) is 22.8 Å². The van der Waals surface area contributed by atoms with Gasteiger partial charge in [-0.15, -0.1) is 0 Å². The maximum absolute atomic E-state index is 13.6. The highest BCUT2D eigenvalue weighted by Gasteiger charge is 2.38. The molecule has 33 heavy (non-hydrogen) atoms. The predicted molar refractivity (Wildman–Crippen MR) is 114 cm³/mol. The van der Waals surface area contributed by atoms with E-state index in [9.17, 15) is 28.9 Å². The summed E-state index contributed by atoms with van der Waals surface area (Å²) in [5.74, 6) is -2.28. The standard InChI is InChI=1S/C21H23FN6O5/c1-25-11-14(10-23-25)20(30)24-15-4-6-26(7-5-15)21(31)13-8-19(29)27(12-13)16-2-3-17(22)18(9-16)28(32)33/h2-3,9-11,13,15H,4-8,12H2,1H3,(H,24,30). The summed E-state index contributed by atoms with van der Waals surface area (Å²) in [5, 5.41) is 17.9. The van der Waals surface area contributed by atoms with Gasteiger partial charge in [-0.3, -0.25) is 29.2 Å². The molecule has 1 atom stereocenters. The monoisotopic (exact) mass is 458 g/mol. The lowest BCUT2D eigenvalue weighted by Crippen LogP contribution is -2.48. The van der Waals surface area contributed by atoms with Crippen molar-refractivity contribution < 1.29 is 23.7 Å². The number of nitro benzene ring substituents is 1. The fourth-order valence-corrected chi connectivity index (χ4v) is 4.24. The summed E-state index contributed by atoms with van der Waals surface area (Å²) in [5.41, 5.74) is -0.0488. The summed E-state index contributed by atoms with van der Waals surface area (Å²) >= 11 is 0. The number of likely N-dealkylation sites (tertiary alicyclic amines) is 1. The molecule has 0 aliphatic carbocycles. The number of nitrogens with zero attached hydrogens (tertiary/aromatic N) is 5. The smallest absolute Gasteiger partial charge is 0.306 e. The van der Waals surface area contributed by atoms with Crippen molar-refractivity contribution in [2.45, 2.75) is 25.3 Å². The van der Waals surface area contributed by atoms with E-state index in [4.69, 9.17) is 0 Å². The average Bonchev–Trinajstić information content (AvgIpc) is 3.40. The molecule has 11 nitrogen and oxygen atoms in total. The van der Waals surface area contributed by atoms with Crippen LogP contribution in [0.2, 0.25) is 0 Å². The number of aromatic nitrogens is 2. The highest BCUT2D eigenvalue weighted by molar-refractivity contribution is 6.00. The van der Waals surface area contributed by atoms with Gasteiger partial charge in [0.15, 0.2) is 0 Å². The van der Waals surface area contributed by atoms with E-state index in [1.165, 1.54) is 17.2 Å². The number of halogens is 1. The molecule has 0 saturated carbocycles. The first-order chi connectivity index (χ1) is 15.7. The van der Waals surface area contributed by atoms with E-state index in [-0.39, 0.29) is 42.4 Å². The number of amides is 3. The highest BCUT2D eigenvalue weighted by Crippen LogP contribution is 2.30. The molecule has 1 unspecified atom stereocenters. The van der Waals surface area contributed by atoms with Crippen molar-refractivity contribution in [3.8, 4) is 0 Å². The summed E-state index contributed by atoms with van der Waals surface area (Å²) in [6.45, 7) is 0.977. The van der Waals surface area contributed by atoms with Crippen LogP contribution in [-0.2, 0) is 16.6 Å². The van der Waals surface area contributed by atoms with Crippen molar-refractivity contribution in [2.24, 2.45) is 13.0 Å². The van der Waals surface area contributed by atoms with Gasteiger partial charge < -0.3 is 15.1 Å². The van der Waals surface area contributed by atoms with E-state index >= 15 is 0 Å². The Kier molecular flexibility index (Phi) is 6.07. The van der Waals surface area contributed by atoms with Crippen LogP contribution in [0, 0.1) is 21.8 Å². The van der Waals surface area contributed by atoms with Crippen LogP contribution in [0.1, 0.15) is 29.6 Å². The molecular weight excluding hydrogens is 435 g/mol. The maximum atomic E-state index is 13.6. The van der Waals surface area contributed by atoms with E-state index < -0.39 is 22.3 Å². The Morgan fingerprint density at radius 1 is 1.27 bits per heavy atom. The van der Waals surface area contributed by atoms with Crippen LogP contribution in [0.4, 0.5) is 15.8 Å². The topological polar surface area (TPSA) is 131 Å². The van der Waals surface area contributed by atoms with Crippen LogP contribution < -0.4 is 10.2 Å². The van der Waals surface area contributed by atoms with Gasteiger partial charge in [0.2, 0.25) is 17.6 Å². The zero-order valence-corrected chi connectivity index (χ0v) is 17.9. The molecule has 2 aromatic rings. The SMILES string of the molecule is Cn1cc(C(=O)NC2CCN(C(=O)C3CC(=O)N(c4ccc(F)c([N+](=O)[O-])c4)C3)CC2)cn1. The molecule has 2 aliphatic rings. The normalized spacial score (nSPS) is 19.1. The molecule has 0 radical (unpaired) electrons. The molecular formula is C21H23FN6O5. The number of nitro groups is 1. The van der Waals surface area contributed by atoms with E-state index in [0.29, 0.717) is 31.5 Å². The fraction of sp³-hybridized carbons (Fsp3) is 0.429. The van der Waals surface area contributed by atoms with E-state index in [2.05, 4.69) is 10.4 Å². The van der Waals surface area contributed by atoms with Gasteiger partial charge in [0, 0.05) is 51.4 Å². The Labute approximate surface area is 188 Å². The van der Waals surface area contributed by atoms with Gasteiger partial charge in [-0.25, -0.2) is 0 Å². The molecule has 1 aromatic carbocycles. The number of anilines is 1. The lowest BCUT2D eigenvalue weighted by atomic mass is 10.0. The Balaban J connectivity index is 1.33. The van der Waals surface area contributed by atoms with E-state index in [1.807, 2.05) is 0 Å². The number of benzene rings is 1. The number of carbonyl (C=O) groups is 3.